The molecule has 0 spiro atoms. The van der Waals surface area contributed by atoms with Crippen molar-refractivity contribution in [2.24, 2.45) is 0 Å². The third-order valence-electron chi connectivity index (χ3n) is 19.0. The Balaban J connectivity index is 1.04. The van der Waals surface area contributed by atoms with Gasteiger partial charge < -0.3 is 19.0 Å². The Morgan fingerprint density at radius 1 is 0.382 bits per heavy atom. The molecule has 0 aliphatic carbocycles. The predicted octanol–water partition coefficient (Wildman–Crippen LogP) is 23.5. The molecule has 0 bridgehead atoms. The van der Waals surface area contributed by atoms with Crippen LogP contribution in [0.5, 0.6) is 0 Å². The second kappa shape index (κ2) is 20.1. The van der Waals surface area contributed by atoms with Gasteiger partial charge in [-0.25, -0.2) is 0 Å². The highest BCUT2D eigenvalue weighted by atomic mass is 32.1. The first-order chi connectivity index (χ1) is 42.3. The van der Waals surface area contributed by atoms with Crippen LogP contribution in [0, 0.1) is 0 Å². The van der Waals surface area contributed by atoms with Crippen molar-refractivity contribution in [3.05, 3.63) is 228 Å². The number of hydrogen-bond donors (Lipinski definition) is 0. The van der Waals surface area contributed by atoms with Crippen LogP contribution in [0.3, 0.4) is 0 Å². The maximum absolute atomic E-state index is 7.38. The van der Waals surface area contributed by atoms with Gasteiger partial charge in [-0.15, -0.1) is 22.7 Å². The maximum Gasteiger partial charge on any atom is 0.343 e. The fraction of sp³-hybridized carbons (Fsp3) is 0.244. The van der Waals surface area contributed by atoms with E-state index in [1.807, 2.05) is 22.7 Å². The summed E-state index contributed by atoms with van der Waals surface area (Å²) < 4.78 is 12.5. The zero-order chi connectivity index (χ0) is 62.0. The molecule has 0 atom stereocenters. The van der Waals surface area contributed by atoms with Crippen molar-refractivity contribution in [3.8, 4) is 22.3 Å². The molecular weight excluding hydrogens is 1120 g/mol. The zero-order valence-corrected chi connectivity index (χ0v) is 55.8. The number of benzene rings is 10. The fourth-order valence-corrected chi connectivity index (χ4v) is 16.4. The summed E-state index contributed by atoms with van der Waals surface area (Å²) in [6.07, 6.45) is 0. The Morgan fingerprint density at radius 2 is 0.933 bits per heavy atom. The van der Waals surface area contributed by atoms with Crippen molar-refractivity contribution in [2.45, 2.75) is 131 Å². The van der Waals surface area contributed by atoms with Gasteiger partial charge in [0.25, 0.3) is 0 Å². The number of para-hydroxylation sites is 1. The molecule has 3 aromatic heterocycles. The Morgan fingerprint density at radius 3 is 1.56 bits per heavy atom. The minimum Gasteiger partial charge on any atom is -0.455 e. The van der Waals surface area contributed by atoms with Crippen molar-refractivity contribution < 1.29 is 4.42 Å². The normalized spacial score (nSPS) is 13.7. The van der Waals surface area contributed by atoms with Gasteiger partial charge in [-0.1, -0.05) is 207 Å². The van der Waals surface area contributed by atoms with Gasteiger partial charge in [-0.3, -0.25) is 0 Å². The van der Waals surface area contributed by atoms with E-state index in [9.17, 15) is 0 Å². The molecule has 0 amide bonds. The van der Waals surface area contributed by atoms with E-state index in [4.69, 9.17) is 4.42 Å². The van der Waals surface area contributed by atoms with E-state index in [0.29, 0.717) is 0 Å². The van der Waals surface area contributed by atoms with E-state index in [0.717, 1.165) is 55.9 Å². The summed E-state index contributed by atoms with van der Waals surface area (Å²) in [5.74, 6) is 0. The van der Waals surface area contributed by atoms with Gasteiger partial charge in [-0.2, -0.15) is 0 Å². The molecular formula is C82H78BN3OS2. The average Bonchev–Trinajstić information content (AvgIpc) is 1.67. The lowest BCUT2D eigenvalue weighted by atomic mass is 9.46. The van der Waals surface area contributed by atoms with E-state index in [1.165, 1.54) is 102 Å². The van der Waals surface area contributed by atoms with Gasteiger partial charge in [-0.05, 0) is 163 Å². The van der Waals surface area contributed by atoms with Crippen molar-refractivity contribution in [3.63, 3.8) is 0 Å². The van der Waals surface area contributed by atoms with E-state index in [2.05, 4.69) is 319 Å². The van der Waals surface area contributed by atoms with Crippen LogP contribution in [0.25, 0.3) is 74.5 Å². The number of hydrogen-bond acceptors (Lipinski definition) is 6. The van der Waals surface area contributed by atoms with Gasteiger partial charge in [0.05, 0.1) is 11.4 Å². The quantitative estimate of drug-likeness (QED) is 0.155. The Labute approximate surface area is 534 Å². The lowest BCUT2D eigenvalue weighted by molar-refractivity contribution is 0.590. The van der Waals surface area contributed by atoms with Crippen LogP contribution >= 0.6 is 22.7 Å². The highest BCUT2D eigenvalue weighted by Gasteiger charge is 2.49. The molecule has 0 radical (unpaired) electrons. The minimum atomic E-state index is -0.220. The lowest BCUT2D eigenvalue weighted by Gasteiger charge is -2.45. The summed E-state index contributed by atoms with van der Waals surface area (Å²) in [4.78, 5) is 7.82. The summed E-state index contributed by atoms with van der Waals surface area (Å²) in [6.45, 7) is 34.5. The third-order valence-corrected chi connectivity index (χ3v) is 21.4. The third kappa shape index (κ3) is 9.43. The van der Waals surface area contributed by atoms with Gasteiger partial charge in [0.2, 0.25) is 0 Å². The monoisotopic (exact) mass is 1200 g/mol. The second-order valence-electron chi connectivity index (χ2n) is 30.3. The molecule has 0 saturated heterocycles. The molecule has 0 N–H and O–H groups in total. The molecule has 0 saturated carbocycles. The van der Waals surface area contributed by atoms with Crippen LogP contribution in [-0.4, -0.2) is 6.85 Å². The van der Waals surface area contributed by atoms with Crippen molar-refractivity contribution in [2.75, 3.05) is 14.6 Å². The first-order valence-corrected chi connectivity index (χ1v) is 33.4. The van der Waals surface area contributed by atoms with E-state index < -0.39 is 0 Å². The number of thiophene rings is 2. The SMILES string of the molecule is CC(C)(C)c1ccc(N2B3c4sc5ccc(C(C)(C)C)cc5c4N(c4ccc(C(C)(C)C)cc4-c4ccccc4)c4cc5c(oc6ccccc65)c(c43)-c3cc4c(cc32)sc2cc(N(c3ccc(C(C)(C)C)cc3)c3ccc(C(C)(C)C)cc3)ccc24)cc1. The molecule has 89 heavy (non-hydrogen) atoms. The number of anilines is 8. The van der Waals surface area contributed by atoms with Crippen LogP contribution in [0.2, 0.25) is 0 Å². The summed E-state index contributed by atoms with van der Waals surface area (Å²) in [7, 11) is 0. The van der Waals surface area contributed by atoms with Crippen LogP contribution in [0.4, 0.5) is 45.5 Å². The van der Waals surface area contributed by atoms with Gasteiger partial charge in [0.15, 0.2) is 0 Å². The standard InChI is InChI=1S/C82H78BN3OS2/c1-78(2,3)50-25-33-55(34-26-50)84(56-35-27-51(28-36-56)79(4,5)6)58-39-40-60-62-46-64-67(48-72(62)88-71(60)45-58)86(57-37-29-52(30-38-57)80(7,8)9)83-74-68(47-63-59-23-19-20-24-69(59)87-76(63)73(64)74)85(75-65-44-54(82(13,14)15)32-42-70(65)89-77(75)83)66-41-31-53(81(10,11)12)43-61(66)49-21-17-16-18-22-49/h16-48H,1-15H3. The molecule has 0 fully saturated rings. The molecule has 5 heterocycles. The Kier molecular flexibility index (Phi) is 12.9. The smallest absolute Gasteiger partial charge is 0.343 e. The first-order valence-electron chi connectivity index (χ1n) is 31.7. The molecule has 2 aliphatic heterocycles. The summed E-state index contributed by atoms with van der Waals surface area (Å²) in [6, 6.07) is 76.9. The van der Waals surface area contributed by atoms with Crippen molar-refractivity contribution in [1.29, 1.82) is 0 Å². The Bertz CT molecular complexity index is 4920. The summed E-state index contributed by atoms with van der Waals surface area (Å²) >= 11 is 3.85. The van der Waals surface area contributed by atoms with Gasteiger partial charge in [0.1, 0.15) is 11.2 Å². The van der Waals surface area contributed by atoms with Crippen LogP contribution in [0.1, 0.15) is 132 Å². The van der Waals surface area contributed by atoms with Crippen LogP contribution in [-0.2, 0) is 27.1 Å². The summed E-state index contributed by atoms with van der Waals surface area (Å²) in [5, 5.41) is 5.98. The number of furan rings is 1. The van der Waals surface area contributed by atoms with Gasteiger partial charge in [0, 0.05) is 96.6 Å². The molecule has 4 nitrogen and oxygen atoms in total. The molecule has 10 aromatic carbocycles. The topological polar surface area (TPSA) is 22.9 Å². The van der Waals surface area contributed by atoms with Crippen LogP contribution in [0.15, 0.2) is 205 Å². The number of nitrogens with zero attached hydrogens (tertiary/aromatic N) is 3. The number of rotatable bonds is 6. The van der Waals surface area contributed by atoms with E-state index in [-0.39, 0.29) is 33.9 Å². The van der Waals surface area contributed by atoms with Crippen LogP contribution < -0.4 is 24.9 Å². The molecule has 0 unspecified atom stereocenters. The first kappa shape index (κ1) is 57.1. The second-order valence-corrected chi connectivity index (χ2v) is 32.4. The highest BCUT2D eigenvalue weighted by Crippen LogP contribution is 2.56. The van der Waals surface area contributed by atoms with Crippen molar-refractivity contribution >= 4 is 137 Å². The van der Waals surface area contributed by atoms with E-state index in [1.54, 1.807) is 0 Å². The lowest BCUT2D eigenvalue weighted by Crippen LogP contribution is -2.60. The average molecular weight is 1200 g/mol. The molecule has 15 rings (SSSR count). The molecule has 2 aliphatic rings. The fourth-order valence-electron chi connectivity index (χ4n) is 13.9. The highest BCUT2D eigenvalue weighted by molar-refractivity contribution is 7.32. The number of fused-ring (bicyclic) bond motifs is 13. The minimum absolute atomic E-state index is 0.0256. The predicted molar refractivity (Wildman–Crippen MR) is 389 cm³/mol. The zero-order valence-electron chi connectivity index (χ0n) is 54.2. The molecule has 442 valence electrons. The summed E-state index contributed by atoms with van der Waals surface area (Å²) in [5.41, 5.74) is 23.6. The van der Waals surface area contributed by atoms with E-state index >= 15 is 0 Å². The molecule has 13 aromatic rings. The maximum atomic E-state index is 7.38. The Hall–Kier alpha value is -8.36. The largest absolute Gasteiger partial charge is 0.455 e. The van der Waals surface area contributed by atoms with Crippen molar-refractivity contribution in [1.82, 2.24) is 0 Å². The molecule has 7 heteroatoms. The van der Waals surface area contributed by atoms with Gasteiger partial charge >= 0.3 is 6.85 Å².